The van der Waals surface area contributed by atoms with Crippen molar-refractivity contribution < 1.29 is 27.8 Å². The molecule has 1 atom stereocenters. The number of benzene rings is 2. The summed E-state index contributed by atoms with van der Waals surface area (Å²) in [6, 6.07) is 10.3. The number of rotatable bonds is 7. The Morgan fingerprint density at radius 1 is 1.23 bits per heavy atom. The molecule has 2 aromatic carbocycles. The Morgan fingerprint density at radius 3 is 2.73 bits per heavy atom. The van der Waals surface area contributed by atoms with Crippen LogP contribution in [0.4, 0.5) is 13.2 Å². The number of hydrogen-bond donors (Lipinski definition) is 1. The van der Waals surface area contributed by atoms with E-state index in [2.05, 4.69) is 4.90 Å². The number of ether oxygens (including phenoxy) is 1. The van der Waals surface area contributed by atoms with Gasteiger partial charge in [0.15, 0.2) is 5.78 Å². The minimum atomic E-state index is -4.47. The molecule has 0 amide bonds. The quantitative estimate of drug-likeness (QED) is 0.659. The summed E-state index contributed by atoms with van der Waals surface area (Å²) in [4.78, 5) is 15.0. The molecule has 1 aliphatic heterocycles. The van der Waals surface area contributed by atoms with Crippen molar-refractivity contribution in [3.63, 3.8) is 0 Å². The molecule has 162 valence electrons. The average molecular weight is 421 g/mol. The second-order valence-corrected chi connectivity index (χ2v) is 7.55. The van der Waals surface area contributed by atoms with E-state index in [0.717, 1.165) is 30.7 Å². The molecular weight excluding hydrogens is 395 g/mol. The lowest BCUT2D eigenvalue weighted by molar-refractivity contribution is -0.137. The van der Waals surface area contributed by atoms with Crippen LogP contribution in [-0.2, 0) is 19.3 Å². The Kier molecular flexibility index (Phi) is 7.15. The van der Waals surface area contributed by atoms with Crippen LogP contribution in [0.1, 0.15) is 46.8 Å². The fourth-order valence-electron chi connectivity index (χ4n) is 3.91. The summed E-state index contributed by atoms with van der Waals surface area (Å²) in [7, 11) is 0. The number of carbonyl (C=O) groups excluding carboxylic acids is 1. The second kappa shape index (κ2) is 9.62. The SMILES string of the molecule is CCOc1ccc(CN2CCC[C@H](C(=O)c3cccc(C(F)(F)F)c3)C2)cc1CO. The Bertz CT molecular complexity index is 882. The number of aliphatic hydroxyl groups is 1. The Morgan fingerprint density at radius 2 is 2.03 bits per heavy atom. The van der Waals surface area contributed by atoms with Crippen LogP contribution in [-0.4, -0.2) is 35.5 Å². The molecule has 0 aromatic heterocycles. The van der Waals surface area contributed by atoms with E-state index in [1.807, 2.05) is 25.1 Å². The molecule has 7 heteroatoms. The minimum Gasteiger partial charge on any atom is -0.494 e. The van der Waals surface area contributed by atoms with Gasteiger partial charge in [-0.3, -0.25) is 9.69 Å². The van der Waals surface area contributed by atoms with Crippen molar-refractivity contribution in [2.75, 3.05) is 19.7 Å². The molecule has 1 N–H and O–H groups in total. The number of piperidine rings is 1. The predicted octanol–water partition coefficient (Wildman–Crippen LogP) is 4.69. The Balaban J connectivity index is 1.69. The largest absolute Gasteiger partial charge is 0.494 e. The van der Waals surface area contributed by atoms with Crippen LogP contribution in [0.25, 0.3) is 0 Å². The van der Waals surface area contributed by atoms with Crippen LogP contribution in [0.2, 0.25) is 0 Å². The van der Waals surface area contributed by atoms with E-state index in [9.17, 15) is 23.1 Å². The number of hydrogen-bond acceptors (Lipinski definition) is 4. The van der Waals surface area contributed by atoms with E-state index in [-0.39, 0.29) is 23.9 Å². The van der Waals surface area contributed by atoms with Gasteiger partial charge in [0, 0.05) is 30.1 Å². The lowest BCUT2D eigenvalue weighted by atomic mass is 9.89. The molecule has 4 nitrogen and oxygen atoms in total. The molecule has 0 spiro atoms. The van der Waals surface area contributed by atoms with E-state index >= 15 is 0 Å². The van der Waals surface area contributed by atoms with Crippen molar-refractivity contribution in [1.82, 2.24) is 4.90 Å². The Labute approximate surface area is 174 Å². The predicted molar refractivity (Wildman–Crippen MR) is 107 cm³/mol. The number of alkyl halides is 3. The van der Waals surface area contributed by atoms with Crippen LogP contribution in [0.3, 0.4) is 0 Å². The van der Waals surface area contributed by atoms with Crippen molar-refractivity contribution in [3.05, 3.63) is 64.7 Å². The number of aliphatic hydroxyl groups excluding tert-OH is 1. The van der Waals surface area contributed by atoms with E-state index in [1.165, 1.54) is 12.1 Å². The third-order valence-corrected chi connectivity index (χ3v) is 5.35. The second-order valence-electron chi connectivity index (χ2n) is 7.55. The van der Waals surface area contributed by atoms with Crippen molar-refractivity contribution >= 4 is 5.78 Å². The van der Waals surface area contributed by atoms with Gasteiger partial charge in [0.1, 0.15) is 5.75 Å². The molecule has 3 rings (SSSR count). The molecule has 0 aliphatic carbocycles. The fourth-order valence-corrected chi connectivity index (χ4v) is 3.91. The number of Topliss-reactive ketones (excluding diaryl/α,β-unsaturated/α-hetero) is 1. The molecule has 1 fully saturated rings. The highest BCUT2D eigenvalue weighted by Gasteiger charge is 2.32. The van der Waals surface area contributed by atoms with Gasteiger partial charge in [0.2, 0.25) is 0 Å². The van der Waals surface area contributed by atoms with Gasteiger partial charge in [-0.15, -0.1) is 0 Å². The van der Waals surface area contributed by atoms with Gasteiger partial charge < -0.3 is 9.84 Å². The van der Waals surface area contributed by atoms with E-state index in [4.69, 9.17) is 4.74 Å². The summed E-state index contributed by atoms with van der Waals surface area (Å²) >= 11 is 0. The molecule has 0 bridgehead atoms. The maximum Gasteiger partial charge on any atom is 0.416 e. The highest BCUT2D eigenvalue weighted by Crippen LogP contribution is 2.31. The van der Waals surface area contributed by atoms with Crippen molar-refractivity contribution in [2.45, 2.75) is 39.1 Å². The van der Waals surface area contributed by atoms with Crippen LogP contribution in [0.5, 0.6) is 5.75 Å². The van der Waals surface area contributed by atoms with E-state index < -0.39 is 11.7 Å². The highest BCUT2D eigenvalue weighted by atomic mass is 19.4. The van der Waals surface area contributed by atoms with Gasteiger partial charge in [0.25, 0.3) is 0 Å². The van der Waals surface area contributed by atoms with E-state index in [0.29, 0.717) is 37.4 Å². The molecule has 0 unspecified atom stereocenters. The molecule has 1 aliphatic rings. The molecule has 2 aromatic rings. The lowest BCUT2D eigenvalue weighted by Crippen LogP contribution is -2.38. The summed E-state index contributed by atoms with van der Waals surface area (Å²) in [6.45, 7) is 4.18. The van der Waals surface area contributed by atoms with Crippen LogP contribution < -0.4 is 4.74 Å². The van der Waals surface area contributed by atoms with Gasteiger partial charge >= 0.3 is 6.18 Å². The van der Waals surface area contributed by atoms with Gasteiger partial charge in [-0.25, -0.2) is 0 Å². The molecular formula is C23H26F3NO3. The highest BCUT2D eigenvalue weighted by molar-refractivity contribution is 5.98. The number of likely N-dealkylation sites (tertiary alicyclic amines) is 1. The average Bonchev–Trinajstić information content (AvgIpc) is 2.74. The van der Waals surface area contributed by atoms with E-state index in [1.54, 1.807) is 0 Å². The van der Waals surface area contributed by atoms with Gasteiger partial charge in [0.05, 0.1) is 18.8 Å². The molecule has 1 heterocycles. The van der Waals surface area contributed by atoms with Crippen LogP contribution in [0, 0.1) is 5.92 Å². The summed E-state index contributed by atoms with van der Waals surface area (Å²) in [5.41, 5.74) is 1.02. The molecule has 30 heavy (non-hydrogen) atoms. The van der Waals surface area contributed by atoms with Gasteiger partial charge in [-0.2, -0.15) is 13.2 Å². The smallest absolute Gasteiger partial charge is 0.416 e. The normalized spacial score (nSPS) is 17.7. The van der Waals surface area contributed by atoms with Gasteiger partial charge in [-0.1, -0.05) is 18.2 Å². The zero-order valence-corrected chi connectivity index (χ0v) is 16.9. The summed E-state index contributed by atoms with van der Waals surface area (Å²) in [6.07, 6.45) is -3.00. The zero-order chi connectivity index (χ0) is 21.7. The molecule has 1 saturated heterocycles. The topological polar surface area (TPSA) is 49.8 Å². The van der Waals surface area contributed by atoms with Crippen LogP contribution in [0.15, 0.2) is 42.5 Å². The first-order valence-corrected chi connectivity index (χ1v) is 10.1. The third-order valence-electron chi connectivity index (χ3n) is 5.35. The number of nitrogens with zero attached hydrogens (tertiary/aromatic N) is 1. The lowest BCUT2D eigenvalue weighted by Gasteiger charge is -2.32. The number of ketones is 1. The van der Waals surface area contributed by atoms with Crippen LogP contribution >= 0.6 is 0 Å². The first-order valence-electron chi connectivity index (χ1n) is 10.1. The molecule has 0 radical (unpaired) electrons. The van der Waals surface area contributed by atoms with Gasteiger partial charge in [-0.05, 0) is 56.1 Å². The maximum absolute atomic E-state index is 13.0. The number of carbonyl (C=O) groups is 1. The standard InChI is InChI=1S/C23H26F3NO3/c1-2-30-21-9-8-16(11-19(21)15-28)13-27-10-4-6-18(14-27)22(29)17-5-3-7-20(12-17)23(24,25)26/h3,5,7-9,11-12,18,28H,2,4,6,10,13-15H2,1H3/t18-/m0/s1. The zero-order valence-electron chi connectivity index (χ0n) is 16.9. The fraction of sp³-hybridized carbons (Fsp3) is 0.435. The van der Waals surface area contributed by atoms with Crippen molar-refractivity contribution in [2.24, 2.45) is 5.92 Å². The summed E-state index contributed by atoms with van der Waals surface area (Å²) in [5, 5.41) is 9.58. The first kappa shape index (κ1) is 22.3. The minimum absolute atomic E-state index is 0.111. The van der Waals surface area contributed by atoms with Crippen molar-refractivity contribution in [3.8, 4) is 5.75 Å². The summed E-state index contributed by atoms with van der Waals surface area (Å²) < 4.78 is 44.4. The monoisotopic (exact) mass is 421 g/mol. The number of halogens is 3. The third kappa shape index (κ3) is 5.40. The first-order chi connectivity index (χ1) is 14.3. The molecule has 0 saturated carbocycles. The Hall–Kier alpha value is -2.38. The van der Waals surface area contributed by atoms with Crippen molar-refractivity contribution in [1.29, 1.82) is 0 Å². The summed E-state index contributed by atoms with van der Waals surface area (Å²) in [5.74, 6) is 0.0794. The maximum atomic E-state index is 13.0.